The van der Waals surface area contributed by atoms with E-state index in [-0.39, 0.29) is 6.04 Å². The number of ether oxygens (including phenoxy) is 1. The summed E-state index contributed by atoms with van der Waals surface area (Å²) >= 11 is 1.32. The molecule has 0 aromatic heterocycles. The number of rotatable bonds is 3. The third-order valence-corrected chi connectivity index (χ3v) is 5.02. The molecule has 2 rings (SSSR count). The molecular weight excluding hydrogens is 254 g/mol. The van der Waals surface area contributed by atoms with Crippen LogP contribution in [0.4, 0.5) is 0 Å². The van der Waals surface area contributed by atoms with Gasteiger partial charge in [0, 0.05) is 6.04 Å². The summed E-state index contributed by atoms with van der Waals surface area (Å²) in [4.78, 5) is 0. The molecule has 1 saturated heterocycles. The minimum absolute atomic E-state index is 0.278. The van der Waals surface area contributed by atoms with Gasteiger partial charge in [-0.1, -0.05) is 12.8 Å². The molecule has 1 heterocycles. The predicted octanol–water partition coefficient (Wildman–Crippen LogP) is -0.326. The van der Waals surface area contributed by atoms with Crippen LogP contribution in [0.25, 0.3) is 0 Å². The van der Waals surface area contributed by atoms with Crippen molar-refractivity contribution in [2.75, 3.05) is 6.26 Å². The van der Waals surface area contributed by atoms with Crippen LogP contribution in [-0.4, -0.2) is 57.5 Å². The summed E-state index contributed by atoms with van der Waals surface area (Å²) in [6.45, 7) is 0. The lowest BCUT2D eigenvalue weighted by Gasteiger charge is -2.43. The number of thioether (sulfide) groups is 1. The van der Waals surface area contributed by atoms with Crippen molar-refractivity contribution in [2.24, 2.45) is 11.7 Å². The van der Waals surface area contributed by atoms with Crippen molar-refractivity contribution in [3.05, 3.63) is 0 Å². The maximum atomic E-state index is 10.0. The lowest BCUT2D eigenvalue weighted by Crippen LogP contribution is -2.62. The lowest BCUT2D eigenvalue weighted by molar-refractivity contribution is -0.205. The molecule has 0 unspecified atom stereocenters. The summed E-state index contributed by atoms with van der Waals surface area (Å²) in [7, 11) is 0. The van der Waals surface area contributed by atoms with Crippen molar-refractivity contribution < 1.29 is 20.1 Å². The summed E-state index contributed by atoms with van der Waals surface area (Å²) in [5, 5.41) is 29.7. The van der Waals surface area contributed by atoms with Crippen LogP contribution in [0.3, 0.4) is 0 Å². The summed E-state index contributed by atoms with van der Waals surface area (Å²) in [5.41, 5.74) is 5.65. The molecular formula is C12H23NO4S. The van der Waals surface area contributed by atoms with Crippen molar-refractivity contribution in [1.29, 1.82) is 0 Å². The summed E-state index contributed by atoms with van der Waals surface area (Å²) < 4.78 is 5.68. The molecule has 0 aromatic rings. The van der Waals surface area contributed by atoms with E-state index in [1.54, 1.807) is 6.26 Å². The van der Waals surface area contributed by atoms with E-state index in [0.717, 1.165) is 25.7 Å². The smallest absolute Gasteiger partial charge is 0.132 e. The van der Waals surface area contributed by atoms with Crippen LogP contribution in [0.1, 0.15) is 25.7 Å². The summed E-state index contributed by atoms with van der Waals surface area (Å²) in [6.07, 6.45) is 2.28. The zero-order chi connectivity index (χ0) is 13.3. The molecule has 0 aromatic carbocycles. The average Bonchev–Trinajstić information content (AvgIpc) is 2.89. The minimum Gasteiger partial charge on any atom is -0.388 e. The van der Waals surface area contributed by atoms with E-state index < -0.39 is 29.9 Å². The van der Waals surface area contributed by atoms with Crippen LogP contribution in [-0.2, 0) is 4.74 Å². The Morgan fingerprint density at radius 1 is 1.11 bits per heavy atom. The van der Waals surface area contributed by atoms with Gasteiger partial charge in [-0.25, -0.2) is 0 Å². The fourth-order valence-corrected chi connectivity index (χ4v) is 3.68. The quantitative estimate of drug-likeness (QED) is 0.564. The molecule has 2 aliphatic rings. The first kappa shape index (κ1) is 14.6. The first-order valence-corrected chi connectivity index (χ1v) is 7.83. The van der Waals surface area contributed by atoms with Crippen LogP contribution in [0.2, 0.25) is 0 Å². The van der Waals surface area contributed by atoms with E-state index in [1.807, 2.05) is 0 Å². The summed E-state index contributed by atoms with van der Waals surface area (Å²) in [6, 6.07) is -0.278. The second kappa shape index (κ2) is 6.07. The van der Waals surface area contributed by atoms with Gasteiger partial charge in [0.15, 0.2) is 0 Å². The van der Waals surface area contributed by atoms with Crippen LogP contribution in [0.15, 0.2) is 0 Å². The van der Waals surface area contributed by atoms with Crippen LogP contribution in [0, 0.1) is 5.92 Å². The molecule has 0 amide bonds. The Hall–Kier alpha value is 0.150. The van der Waals surface area contributed by atoms with Crippen LogP contribution in [0.5, 0.6) is 0 Å². The monoisotopic (exact) mass is 277 g/mol. The predicted molar refractivity (Wildman–Crippen MR) is 70.1 cm³/mol. The first-order valence-electron chi connectivity index (χ1n) is 6.54. The Kier molecular flexibility index (Phi) is 4.91. The maximum Gasteiger partial charge on any atom is 0.132 e. The van der Waals surface area contributed by atoms with Gasteiger partial charge in [-0.2, -0.15) is 0 Å². The molecule has 0 spiro atoms. The second-order valence-electron chi connectivity index (χ2n) is 5.30. The average molecular weight is 277 g/mol. The minimum atomic E-state index is -1.19. The van der Waals surface area contributed by atoms with Crippen LogP contribution >= 0.6 is 11.8 Å². The molecule has 1 saturated carbocycles. The topological polar surface area (TPSA) is 95.9 Å². The first-order chi connectivity index (χ1) is 8.56. The standard InChI is InChI=1S/C12H23NO4S/c1-18-12-10(16)8(14)9(15)11(17-12)7(13)6-4-2-3-5-6/h6-12,14-16H,2-5,13H2,1H3/t7-,8+,9-,10-,11-,12-/m1/s1. The number of hydrogen-bond acceptors (Lipinski definition) is 6. The normalized spacial score (nSPS) is 44.2. The van der Waals surface area contributed by atoms with E-state index in [4.69, 9.17) is 10.5 Å². The number of aliphatic hydroxyl groups is 3. The zero-order valence-electron chi connectivity index (χ0n) is 10.6. The highest BCUT2D eigenvalue weighted by atomic mass is 32.2. The molecule has 5 nitrogen and oxygen atoms in total. The van der Waals surface area contributed by atoms with E-state index in [0.29, 0.717) is 5.92 Å². The highest BCUT2D eigenvalue weighted by Gasteiger charge is 2.47. The van der Waals surface area contributed by atoms with Gasteiger partial charge in [0.1, 0.15) is 29.9 Å². The molecule has 6 atom stereocenters. The van der Waals surface area contributed by atoms with E-state index in [9.17, 15) is 15.3 Å². The van der Waals surface area contributed by atoms with Crippen molar-refractivity contribution >= 4 is 11.8 Å². The lowest BCUT2D eigenvalue weighted by atomic mass is 9.87. The maximum absolute atomic E-state index is 10.0. The Labute approximate surface area is 112 Å². The second-order valence-corrected chi connectivity index (χ2v) is 6.23. The van der Waals surface area contributed by atoms with Crippen molar-refractivity contribution in [3.63, 3.8) is 0 Å². The third-order valence-electron chi connectivity index (χ3n) is 4.16. The van der Waals surface area contributed by atoms with Gasteiger partial charge in [-0.05, 0) is 25.0 Å². The fourth-order valence-electron chi connectivity index (χ4n) is 3.00. The third kappa shape index (κ3) is 2.69. The Morgan fingerprint density at radius 2 is 1.72 bits per heavy atom. The molecule has 6 heteroatoms. The molecule has 106 valence electrons. The van der Waals surface area contributed by atoms with Crippen molar-refractivity contribution in [1.82, 2.24) is 0 Å². The zero-order valence-corrected chi connectivity index (χ0v) is 11.4. The number of aliphatic hydroxyl groups excluding tert-OH is 3. The van der Waals surface area contributed by atoms with Crippen molar-refractivity contribution in [2.45, 2.75) is 61.6 Å². The Morgan fingerprint density at radius 3 is 2.28 bits per heavy atom. The van der Waals surface area contributed by atoms with Gasteiger partial charge in [0.25, 0.3) is 0 Å². The van der Waals surface area contributed by atoms with Gasteiger partial charge in [0.05, 0.1) is 0 Å². The molecule has 2 fully saturated rings. The summed E-state index contributed by atoms with van der Waals surface area (Å²) in [5.74, 6) is 0.342. The number of hydrogen-bond donors (Lipinski definition) is 4. The van der Waals surface area contributed by atoms with Gasteiger partial charge in [-0.3, -0.25) is 0 Å². The van der Waals surface area contributed by atoms with Gasteiger partial charge in [0.2, 0.25) is 0 Å². The highest BCUT2D eigenvalue weighted by molar-refractivity contribution is 7.99. The molecule has 0 bridgehead atoms. The van der Waals surface area contributed by atoms with Gasteiger partial charge < -0.3 is 25.8 Å². The van der Waals surface area contributed by atoms with Crippen LogP contribution < -0.4 is 5.73 Å². The Bertz CT molecular complexity index is 273. The fraction of sp³-hybridized carbons (Fsp3) is 1.00. The van der Waals surface area contributed by atoms with E-state index in [1.165, 1.54) is 11.8 Å². The molecule has 5 N–H and O–H groups in total. The number of nitrogens with two attached hydrogens (primary N) is 1. The Balaban J connectivity index is 2.06. The molecule has 1 aliphatic heterocycles. The van der Waals surface area contributed by atoms with Gasteiger partial charge in [-0.15, -0.1) is 11.8 Å². The van der Waals surface area contributed by atoms with E-state index >= 15 is 0 Å². The largest absolute Gasteiger partial charge is 0.388 e. The molecule has 18 heavy (non-hydrogen) atoms. The van der Waals surface area contributed by atoms with Gasteiger partial charge >= 0.3 is 0 Å². The van der Waals surface area contributed by atoms with E-state index in [2.05, 4.69) is 0 Å². The van der Waals surface area contributed by atoms with Crippen molar-refractivity contribution in [3.8, 4) is 0 Å². The molecule has 0 radical (unpaired) electrons. The SMILES string of the molecule is CS[C@H]1O[C@H]([C@H](N)C2CCCC2)[C@H](O)[C@H](O)[C@H]1O. The molecule has 1 aliphatic carbocycles. The highest BCUT2D eigenvalue weighted by Crippen LogP contribution is 2.34.